The van der Waals surface area contributed by atoms with E-state index in [-0.39, 0.29) is 17.9 Å². The number of ether oxygens (including phenoxy) is 1. The summed E-state index contributed by atoms with van der Waals surface area (Å²) in [6.07, 6.45) is 0.235. The van der Waals surface area contributed by atoms with Crippen LogP contribution < -0.4 is 5.32 Å². The first-order valence-electron chi connectivity index (χ1n) is 4.70. The molecule has 0 fully saturated rings. The zero-order valence-corrected chi connectivity index (χ0v) is 10.3. The third-order valence-corrected chi connectivity index (χ3v) is 2.39. The van der Waals surface area contributed by atoms with E-state index in [0.717, 1.165) is 10.8 Å². The molecule has 4 nitrogen and oxygen atoms in total. The molecular weight excluding hydrogens is 212 g/mol. The molecule has 0 aromatic carbocycles. The van der Waals surface area contributed by atoms with E-state index >= 15 is 0 Å². The number of nitrogens with one attached hydrogen (secondary N) is 1. The first kappa shape index (κ1) is 12.0. The molecule has 1 aromatic rings. The highest BCUT2D eigenvalue weighted by atomic mass is 32.1. The summed E-state index contributed by atoms with van der Waals surface area (Å²) in [4.78, 5) is 15.3. The highest BCUT2D eigenvalue weighted by Crippen LogP contribution is 2.20. The summed E-state index contributed by atoms with van der Waals surface area (Å²) in [5, 5.41) is 5.95. The number of nitrogens with zero attached hydrogens (tertiary/aromatic N) is 1. The zero-order chi connectivity index (χ0) is 11.5. The molecule has 1 aromatic heterocycles. The van der Waals surface area contributed by atoms with Crippen molar-refractivity contribution in [1.29, 1.82) is 0 Å². The number of methoxy groups -OCH3 is 1. The Morgan fingerprint density at radius 1 is 1.60 bits per heavy atom. The van der Waals surface area contributed by atoms with Gasteiger partial charge in [0.05, 0.1) is 19.2 Å². The maximum absolute atomic E-state index is 11.0. The Labute approximate surface area is 93.7 Å². The smallest absolute Gasteiger partial charge is 0.311 e. The molecule has 15 heavy (non-hydrogen) atoms. The van der Waals surface area contributed by atoms with Gasteiger partial charge in [0.1, 0.15) is 0 Å². The third kappa shape index (κ3) is 4.29. The predicted molar refractivity (Wildman–Crippen MR) is 61.2 cm³/mol. The van der Waals surface area contributed by atoms with E-state index in [2.05, 4.69) is 35.8 Å². The van der Waals surface area contributed by atoms with Crippen LogP contribution in [0, 0.1) is 0 Å². The van der Waals surface area contributed by atoms with Crippen molar-refractivity contribution >= 4 is 22.4 Å². The molecule has 0 aliphatic carbocycles. The zero-order valence-electron chi connectivity index (χ0n) is 9.46. The molecular formula is C10H16N2O2S. The van der Waals surface area contributed by atoms with E-state index in [4.69, 9.17) is 0 Å². The number of carbonyl (C=O) groups excluding carboxylic acids is 1. The van der Waals surface area contributed by atoms with Crippen LogP contribution in [-0.2, 0) is 16.0 Å². The van der Waals surface area contributed by atoms with Crippen molar-refractivity contribution < 1.29 is 9.53 Å². The van der Waals surface area contributed by atoms with Crippen molar-refractivity contribution in [2.75, 3.05) is 12.4 Å². The lowest BCUT2D eigenvalue weighted by Gasteiger charge is -2.19. The second kappa shape index (κ2) is 4.61. The van der Waals surface area contributed by atoms with Crippen LogP contribution in [0.5, 0.6) is 0 Å². The lowest BCUT2D eigenvalue weighted by molar-refractivity contribution is -0.139. The van der Waals surface area contributed by atoms with Crippen LogP contribution in [-0.4, -0.2) is 23.6 Å². The predicted octanol–water partition coefficient (Wildman–Crippen LogP) is 2.07. The average molecular weight is 228 g/mol. The number of esters is 1. The van der Waals surface area contributed by atoms with E-state index in [0.29, 0.717) is 0 Å². The molecule has 0 bridgehead atoms. The molecule has 0 aliphatic rings. The maximum atomic E-state index is 11.0. The molecule has 0 aliphatic heterocycles. The highest BCUT2D eigenvalue weighted by Gasteiger charge is 2.13. The van der Waals surface area contributed by atoms with Gasteiger partial charge in [-0.1, -0.05) is 0 Å². The topological polar surface area (TPSA) is 51.2 Å². The summed E-state index contributed by atoms with van der Waals surface area (Å²) < 4.78 is 4.57. The third-order valence-electron chi connectivity index (χ3n) is 1.59. The molecule has 0 unspecified atom stereocenters. The van der Waals surface area contributed by atoms with Crippen LogP contribution >= 0.6 is 11.3 Å². The van der Waals surface area contributed by atoms with Crippen LogP contribution in [0.15, 0.2) is 5.38 Å². The minimum absolute atomic E-state index is 0.0135. The van der Waals surface area contributed by atoms with Crippen molar-refractivity contribution in [2.24, 2.45) is 0 Å². The fraction of sp³-hybridized carbons (Fsp3) is 0.600. The number of rotatable bonds is 3. The number of thiazole rings is 1. The largest absolute Gasteiger partial charge is 0.469 e. The summed E-state index contributed by atoms with van der Waals surface area (Å²) in [5.74, 6) is -0.261. The molecule has 84 valence electrons. The van der Waals surface area contributed by atoms with Gasteiger partial charge in [-0.2, -0.15) is 0 Å². The average Bonchev–Trinajstić information content (AvgIpc) is 2.49. The van der Waals surface area contributed by atoms with E-state index < -0.39 is 0 Å². The van der Waals surface area contributed by atoms with Gasteiger partial charge in [-0.15, -0.1) is 11.3 Å². The van der Waals surface area contributed by atoms with Crippen LogP contribution in [0.25, 0.3) is 0 Å². The summed E-state index contributed by atoms with van der Waals surface area (Å²) in [5.41, 5.74) is 0.735. The summed E-state index contributed by atoms with van der Waals surface area (Å²) in [6.45, 7) is 6.19. The second-order valence-electron chi connectivity index (χ2n) is 4.27. The SMILES string of the molecule is COC(=O)Cc1csc(NC(C)(C)C)n1. The van der Waals surface area contributed by atoms with Gasteiger partial charge in [-0.05, 0) is 20.8 Å². The number of hydrogen-bond donors (Lipinski definition) is 1. The first-order valence-corrected chi connectivity index (χ1v) is 5.58. The van der Waals surface area contributed by atoms with Gasteiger partial charge < -0.3 is 10.1 Å². The van der Waals surface area contributed by atoms with E-state index in [1.165, 1.54) is 18.4 Å². The van der Waals surface area contributed by atoms with E-state index in [1.54, 1.807) is 0 Å². The van der Waals surface area contributed by atoms with Crippen molar-refractivity contribution in [3.8, 4) is 0 Å². The van der Waals surface area contributed by atoms with Gasteiger partial charge in [0, 0.05) is 10.9 Å². The number of hydrogen-bond acceptors (Lipinski definition) is 5. The molecule has 0 saturated carbocycles. The lowest BCUT2D eigenvalue weighted by atomic mass is 10.1. The quantitative estimate of drug-likeness (QED) is 0.805. The minimum Gasteiger partial charge on any atom is -0.469 e. The molecule has 0 amide bonds. The van der Waals surface area contributed by atoms with E-state index in [1.807, 2.05) is 5.38 Å². The van der Waals surface area contributed by atoms with Crippen LogP contribution in [0.3, 0.4) is 0 Å². The Bertz CT molecular complexity index is 341. The first-order chi connectivity index (χ1) is 6.90. The molecule has 0 spiro atoms. The number of anilines is 1. The van der Waals surface area contributed by atoms with E-state index in [9.17, 15) is 4.79 Å². The van der Waals surface area contributed by atoms with Crippen molar-refractivity contribution in [3.63, 3.8) is 0 Å². The van der Waals surface area contributed by atoms with Gasteiger partial charge in [0.15, 0.2) is 5.13 Å². The number of aromatic nitrogens is 1. The molecule has 0 saturated heterocycles. The fourth-order valence-electron chi connectivity index (χ4n) is 0.986. The maximum Gasteiger partial charge on any atom is 0.311 e. The Kier molecular flexibility index (Phi) is 3.68. The molecule has 1 rings (SSSR count). The van der Waals surface area contributed by atoms with Crippen LogP contribution in [0.4, 0.5) is 5.13 Å². The normalized spacial score (nSPS) is 11.2. The monoisotopic (exact) mass is 228 g/mol. The van der Waals surface area contributed by atoms with Gasteiger partial charge in [-0.3, -0.25) is 4.79 Å². The second-order valence-corrected chi connectivity index (χ2v) is 5.13. The van der Waals surface area contributed by atoms with Crippen molar-refractivity contribution in [3.05, 3.63) is 11.1 Å². The Morgan fingerprint density at radius 3 is 2.80 bits per heavy atom. The van der Waals surface area contributed by atoms with Crippen LogP contribution in [0.2, 0.25) is 0 Å². The Balaban J connectivity index is 2.60. The number of carbonyl (C=O) groups is 1. The molecule has 0 atom stereocenters. The van der Waals surface area contributed by atoms with Gasteiger partial charge >= 0.3 is 5.97 Å². The molecule has 5 heteroatoms. The van der Waals surface area contributed by atoms with Crippen molar-refractivity contribution in [2.45, 2.75) is 32.7 Å². The molecule has 0 radical (unpaired) electrons. The minimum atomic E-state index is -0.261. The highest BCUT2D eigenvalue weighted by molar-refractivity contribution is 7.13. The lowest BCUT2D eigenvalue weighted by Crippen LogP contribution is -2.25. The molecule has 1 heterocycles. The Morgan fingerprint density at radius 2 is 2.27 bits per heavy atom. The summed E-state index contributed by atoms with van der Waals surface area (Å²) in [6, 6.07) is 0. The summed E-state index contributed by atoms with van der Waals surface area (Å²) >= 11 is 1.50. The molecule has 1 N–H and O–H groups in total. The fourth-order valence-corrected chi connectivity index (χ4v) is 1.91. The van der Waals surface area contributed by atoms with Crippen molar-refractivity contribution in [1.82, 2.24) is 4.98 Å². The van der Waals surface area contributed by atoms with Gasteiger partial charge in [-0.25, -0.2) is 4.98 Å². The summed E-state index contributed by atoms with van der Waals surface area (Å²) in [7, 11) is 1.38. The Hall–Kier alpha value is -1.10. The van der Waals surface area contributed by atoms with Gasteiger partial charge in [0.25, 0.3) is 0 Å². The van der Waals surface area contributed by atoms with Crippen LogP contribution in [0.1, 0.15) is 26.5 Å². The standard InChI is InChI=1S/C10H16N2O2S/c1-10(2,3)12-9-11-7(6-15-9)5-8(13)14-4/h6H,5H2,1-4H3,(H,11,12). The van der Waals surface area contributed by atoms with Gasteiger partial charge in [0.2, 0.25) is 0 Å².